The lowest BCUT2D eigenvalue weighted by Gasteiger charge is -2.01. The average Bonchev–Trinajstić information content (AvgIpc) is 2.90. The van der Waals surface area contributed by atoms with Crippen LogP contribution in [0.5, 0.6) is 0 Å². The van der Waals surface area contributed by atoms with Crippen LogP contribution in [0.3, 0.4) is 0 Å². The number of fused-ring (bicyclic) bond motifs is 1. The molecule has 4 N–H and O–H groups in total. The second-order valence-electron chi connectivity index (χ2n) is 4.12. The van der Waals surface area contributed by atoms with Crippen LogP contribution in [0.25, 0.3) is 22.4 Å². The van der Waals surface area contributed by atoms with E-state index in [1.165, 1.54) is 0 Å². The second kappa shape index (κ2) is 4.67. The number of hydrogen-bond donors (Lipinski definition) is 3. The van der Waals surface area contributed by atoms with Gasteiger partial charge in [-0.25, -0.2) is 9.78 Å². The number of oxazole rings is 1. The van der Waals surface area contributed by atoms with Crippen LogP contribution < -0.4 is 11.5 Å². The topological polar surface area (TPSA) is 101 Å². The summed E-state index contributed by atoms with van der Waals surface area (Å²) in [4.78, 5) is 21.3. The third kappa shape index (κ3) is 2.22. The molecule has 0 saturated heterocycles. The fraction of sp³-hybridized carbons (Fsp3) is 0.167. The number of nitrogens with two attached hydrogens (primary N) is 1. The van der Waals surface area contributed by atoms with Crippen LogP contribution in [0.2, 0.25) is 0 Å². The fourth-order valence-electron chi connectivity index (χ4n) is 2.03. The molecule has 0 radical (unpaired) electrons. The molecule has 6 nitrogen and oxygen atoms in total. The predicted octanol–water partition coefficient (Wildman–Crippen LogP) is 1.77. The van der Waals surface area contributed by atoms with Gasteiger partial charge in [-0.15, -0.1) is 0 Å². The highest BCUT2D eigenvalue weighted by Gasteiger charge is 2.12. The molecule has 0 bridgehead atoms. The Morgan fingerprint density at radius 3 is 3.00 bits per heavy atom. The number of nitrogens with zero attached hydrogens (tertiary/aromatic N) is 1. The van der Waals surface area contributed by atoms with Gasteiger partial charge in [0.05, 0.1) is 11.2 Å². The summed E-state index contributed by atoms with van der Waals surface area (Å²) in [6.45, 7) is 0.531. The standard InChI is InChI=1S/C12H11BrN4O2/c13-11-15-8(3-4-14)10(17-11)6-1-2-7-9(5-6)19-12(18)16-7/h1-2,5H,3-4,14H2,(H,15,17)(H,16,18). The first-order chi connectivity index (χ1) is 9.17. The molecule has 98 valence electrons. The molecule has 0 atom stereocenters. The van der Waals surface area contributed by atoms with Crippen LogP contribution in [0, 0.1) is 0 Å². The Morgan fingerprint density at radius 2 is 2.21 bits per heavy atom. The lowest BCUT2D eigenvalue weighted by molar-refractivity contribution is 0.555. The van der Waals surface area contributed by atoms with Gasteiger partial charge in [-0.05, 0) is 34.6 Å². The first-order valence-electron chi connectivity index (χ1n) is 5.75. The zero-order chi connectivity index (χ0) is 13.4. The van der Waals surface area contributed by atoms with Gasteiger partial charge in [0.25, 0.3) is 0 Å². The summed E-state index contributed by atoms with van der Waals surface area (Å²) in [5, 5.41) is 0. The van der Waals surface area contributed by atoms with Crippen molar-refractivity contribution in [3.8, 4) is 11.3 Å². The van der Waals surface area contributed by atoms with Crippen molar-refractivity contribution < 1.29 is 4.42 Å². The molecule has 19 heavy (non-hydrogen) atoms. The number of benzene rings is 1. The van der Waals surface area contributed by atoms with Gasteiger partial charge in [-0.1, -0.05) is 6.07 Å². The van der Waals surface area contributed by atoms with Crippen LogP contribution in [-0.4, -0.2) is 21.5 Å². The maximum atomic E-state index is 11.1. The normalized spacial score (nSPS) is 11.3. The van der Waals surface area contributed by atoms with Crippen molar-refractivity contribution in [3.05, 3.63) is 39.2 Å². The van der Waals surface area contributed by atoms with Crippen molar-refractivity contribution in [2.24, 2.45) is 5.73 Å². The summed E-state index contributed by atoms with van der Waals surface area (Å²) in [6, 6.07) is 5.47. The quantitative estimate of drug-likeness (QED) is 0.684. The van der Waals surface area contributed by atoms with Crippen molar-refractivity contribution in [3.63, 3.8) is 0 Å². The van der Waals surface area contributed by atoms with Crippen molar-refractivity contribution >= 4 is 27.0 Å². The molecular weight excluding hydrogens is 312 g/mol. The summed E-state index contributed by atoms with van der Waals surface area (Å²) in [5.41, 5.74) is 9.40. The predicted molar refractivity (Wildman–Crippen MR) is 74.9 cm³/mol. The smallest absolute Gasteiger partial charge is 0.408 e. The first-order valence-corrected chi connectivity index (χ1v) is 6.54. The monoisotopic (exact) mass is 322 g/mol. The molecule has 0 saturated carbocycles. The van der Waals surface area contributed by atoms with Crippen LogP contribution in [-0.2, 0) is 6.42 Å². The molecule has 3 rings (SSSR count). The van der Waals surface area contributed by atoms with Crippen LogP contribution in [0.4, 0.5) is 0 Å². The van der Waals surface area contributed by atoms with Crippen LogP contribution in [0.1, 0.15) is 5.69 Å². The van der Waals surface area contributed by atoms with E-state index in [-0.39, 0.29) is 0 Å². The van der Waals surface area contributed by atoms with E-state index < -0.39 is 5.76 Å². The van der Waals surface area contributed by atoms with Gasteiger partial charge >= 0.3 is 5.76 Å². The molecule has 7 heteroatoms. The molecule has 0 aliphatic carbocycles. The maximum absolute atomic E-state index is 11.1. The molecule has 3 aromatic rings. The fourth-order valence-corrected chi connectivity index (χ4v) is 2.45. The zero-order valence-electron chi connectivity index (χ0n) is 9.87. The molecule has 0 spiro atoms. The Labute approximate surface area is 116 Å². The van der Waals surface area contributed by atoms with E-state index in [0.717, 1.165) is 17.0 Å². The van der Waals surface area contributed by atoms with Gasteiger partial charge in [0.1, 0.15) is 0 Å². The van der Waals surface area contributed by atoms with Gasteiger partial charge in [0, 0.05) is 17.7 Å². The largest absolute Gasteiger partial charge is 0.417 e. The Bertz CT molecular complexity index is 786. The Balaban J connectivity index is 2.15. The van der Waals surface area contributed by atoms with Gasteiger partial charge in [0.15, 0.2) is 10.3 Å². The molecule has 0 aliphatic rings. The first kappa shape index (κ1) is 12.2. The van der Waals surface area contributed by atoms with Gasteiger partial charge in [-0.2, -0.15) is 0 Å². The Morgan fingerprint density at radius 1 is 1.37 bits per heavy atom. The second-order valence-corrected chi connectivity index (χ2v) is 4.87. The summed E-state index contributed by atoms with van der Waals surface area (Å²) < 4.78 is 5.71. The summed E-state index contributed by atoms with van der Waals surface area (Å²) >= 11 is 3.32. The van der Waals surface area contributed by atoms with Gasteiger partial charge in [-0.3, -0.25) is 4.98 Å². The van der Waals surface area contributed by atoms with Crippen molar-refractivity contribution in [2.75, 3.05) is 6.54 Å². The molecule has 0 amide bonds. The Hall–Kier alpha value is -1.86. The number of hydrogen-bond acceptors (Lipinski definition) is 4. The lowest BCUT2D eigenvalue weighted by Crippen LogP contribution is -2.04. The van der Waals surface area contributed by atoms with E-state index in [1.807, 2.05) is 6.07 Å². The summed E-state index contributed by atoms with van der Waals surface area (Å²) in [6.07, 6.45) is 0.697. The number of H-pyrrole nitrogens is 2. The molecule has 0 fully saturated rings. The Kier molecular flexibility index (Phi) is 3.00. The molecule has 0 unspecified atom stereocenters. The third-order valence-electron chi connectivity index (χ3n) is 2.84. The number of aromatic nitrogens is 3. The molecule has 2 aromatic heterocycles. The summed E-state index contributed by atoms with van der Waals surface area (Å²) in [5.74, 6) is -0.461. The average molecular weight is 323 g/mol. The minimum atomic E-state index is -0.461. The van der Waals surface area contributed by atoms with Crippen molar-refractivity contribution in [1.29, 1.82) is 0 Å². The molecular formula is C12H11BrN4O2. The number of imidazole rings is 1. The van der Waals surface area contributed by atoms with E-state index >= 15 is 0 Å². The highest BCUT2D eigenvalue weighted by atomic mass is 79.9. The van der Waals surface area contributed by atoms with E-state index in [1.54, 1.807) is 12.1 Å². The van der Waals surface area contributed by atoms with Crippen molar-refractivity contribution in [1.82, 2.24) is 15.0 Å². The van der Waals surface area contributed by atoms with E-state index in [2.05, 4.69) is 30.9 Å². The summed E-state index contributed by atoms with van der Waals surface area (Å²) in [7, 11) is 0. The number of rotatable bonds is 3. The van der Waals surface area contributed by atoms with Crippen molar-refractivity contribution in [2.45, 2.75) is 6.42 Å². The highest BCUT2D eigenvalue weighted by molar-refractivity contribution is 9.10. The third-order valence-corrected chi connectivity index (χ3v) is 3.21. The molecule has 1 aromatic carbocycles. The van der Waals surface area contributed by atoms with Crippen LogP contribution >= 0.6 is 15.9 Å². The minimum Gasteiger partial charge on any atom is -0.408 e. The maximum Gasteiger partial charge on any atom is 0.417 e. The molecule has 2 heterocycles. The zero-order valence-corrected chi connectivity index (χ0v) is 11.5. The minimum absolute atomic E-state index is 0.461. The van der Waals surface area contributed by atoms with Gasteiger partial charge < -0.3 is 15.1 Å². The highest BCUT2D eigenvalue weighted by Crippen LogP contribution is 2.26. The lowest BCUT2D eigenvalue weighted by atomic mass is 10.1. The number of nitrogens with one attached hydrogen (secondary N) is 2. The van der Waals surface area contributed by atoms with E-state index in [0.29, 0.717) is 28.8 Å². The van der Waals surface area contributed by atoms with E-state index in [4.69, 9.17) is 10.2 Å². The SMILES string of the molecule is NCCc1[nH]c(Br)nc1-c1ccc2[nH]c(=O)oc2c1. The molecule has 0 aliphatic heterocycles. The van der Waals surface area contributed by atoms with Crippen LogP contribution in [0.15, 0.2) is 32.1 Å². The number of halogens is 1. The van der Waals surface area contributed by atoms with Gasteiger partial charge in [0.2, 0.25) is 0 Å². The van der Waals surface area contributed by atoms with E-state index in [9.17, 15) is 4.79 Å². The number of aromatic amines is 2.